The highest BCUT2D eigenvalue weighted by molar-refractivity contribution is 4.96. The largest absolute Gasteiger partial charge is 0.396 e. The van der Waals surface area contributed by atoms with Crippen LogP contribution in [0.15, 0.2) is 0 Å². The molecule has 0 atom stereocenters. The molecule has 0 radical (unpaired) electrons. The third-order valence-electron chi connectivity index (χ3n) is 3.74. The predicted molar refractivity (Wildman–Crippen MR) is 53.6 cm³/mol. The Balaban J connectivity index is 1.62. The molecule has 0 aromatic heterocycles. The van der Waals surface area contributed by atoms with Crippen LogP contribution >= 0.6 is 0 Å². The Kier molecular flexibility index (Phi) is 2.61. The molecule has 0 amide bonds. The van der Waals surface area contributed by atoms with E-state index in [4.69, 9.17) is 5.11 Å². The third-order valence-corrected chi connectivity index (χ3v) is 3.74. The van der Waals surface area contributed by atoms with Crippen LogP contribution in [-0.4, -0.2) is 24.3 Å². The zero-order chi connectivity index (χ0) is 9.31. The van der Waals surface area contributed by atoms with Crippen LogP contribution in [0.5, 0.6) is 0 Å². The third kappa shape index (κ3) is 2.23. The summed E-state index contributed by atoms with van der Waals surface area (Å²) in [5, 5.41) is 12.5. The van der Waals surface area contributed by atoms with Crippen molar-refractivity contribution in [3.8, 4) is 0 Å². The van der Waals surface area contributed by atoms with E-state index in [0.717, 1.165) is 24.9 Å². The number of nitrogens with one attached hydrogen (secondary N) is 1. The van der Waals surface area contributed by atoms with Crippen LogP contribution in [0.25, 0.3) is 0 Å². The van der Waals surface area contributed by atoms with Crippen LogP contribution in [-0.2, 0) is 0 Å². The molecule has 0 saturated heterocycles. The quantitative estimate of drug-likeness (QED) is 0.677. The van der Waals surface area contributed by atoms with Crippen LogP contribution in [0.1, 0.15) is 39.0 Å². The molecule has 2 aliphatic carbocycles. The second-order valence-electron chi connectivity index (χ2n) is 5.13. The second-order valence-corrected chi connectivity index (χ2v) is 5.13. The Morgan fingerprint density at radius 2 is 2.08 bits per heavy atom. The molecule has 0 aromatic carbocycles. The zero-order valence-corrected chi connectivity index (χ0v) is 8.55. The van der Waals surface area contributed by atoms with Crippen LogP contribution < -0.4 is 5.32 Å². The first-order chi connectivity index (χ1) is 6.24. The van der Waals surface area contributed by atoms with Crippen LogP contribution in [0.3, 0.4) is 0 Å². The lowest BCUT2D eigenvalue weighted by Gasteiger charge is -2.34. The number of rotatable bonds is 5. The van der Waals surface area contributed by atoms with Crippen LogP contribution in [0.4, 0.5) is 0 Å². The highest BCUT2D eigenvalue weighted by Crippen LogP contribution is 2.48. The Bertz CT molecular complexity index is 171. The fourth-order valence-corrected chi connectivity index (χ4v) is 2.36. The minimum Gasteiger partial charge on any atom is -0.396 e. The second kappa shape index (κ2) is 3.58. The molecule has 2 N–H and O–H groups in total. The van der Waals surface area contributed by atoms with Gasteiger partial charge in [-0.2, -0.15) is 0 Å². The van der Waals surface area contributed by atoms with E-state index in [1.165, 1.54) is 25.7 Å². The lowest BCUT2D eigenvalue weighted by molar-refractivity contribution is 0.206. The first-order valence-corrected chi connectivity index (χ1v) is 5.58. The molecule has 0 aromatic rings. The molecule has 2 rings (SSSR count). The van der Waals surface area contributed by atoms with Crippen molar-refractivity contribution in [2.75, 3.05) is 13.2 Å². The summed E-state index contributed by atoms with van der Waals surface area (Å²) in [6.45, 7) is 3.83. The van der Waals surface area contributed by atoms with Crippen molar-refractivity contribution in [3.63, 3.8) is 0 Å². The van der Waals surface area contributed by atoms with E-state index in [9.17, 15) is 0 Å². The molecule has 76 valence electrons. The minimum absolute atomic E-state index is 0.364. The van der Waals surface area contributed by atoms with Gasteiger partial charge in [-0.1, -0.05) is 6.92 Å². The van der Waals surface area contributed by atoms with Gasteiger partial charge < -0.3 is 10.4 Å². The van der Waals surface area contributed by atoms with Gasteiger partial charge in [0.2, 0.25) is 0 Å². The monoisotopic (exact) mass is 183 g/mol. The van der Waals surface area contributed by atoms with E-state index in [1.807, 2.05) is 0 Å². The topological polar surface area (TPSA) is 32.3 Å². The van der Waals surface area contributed by atoms with Gasteiger partial charge in [-0.05, 0) is 43.4 Å². The molecule has 13 heavy (non-hydrogen) atoms. The van der Waals surface area contributed by atoms with Gasteiger partial charge in [0.15, 0.2) is 0 Å². The molecule has 0 bridgehead atoms. The fourth-order valence-electron chi connectivity index (χ4n) is 2.36. The fraction of sp³-hybridized carbons (Fsp3) is 1.00. The summed E-state index contributed by atoms with van der Waals surface area (Å²) in [5.41, 5.74) is 0.494. The molecule has 2 fully saturated rings. The smallest absolute Gasteiger partial charge is 0.0436 e. The van der Waals surface area contributed by atoms with E-state index < -0.39 is 0 Å². The van der Waals surface area contributed by atoms with Gasteiger partial charge in [0.05, 0.1) is 0 Å². The SMILES string of the molecule is CC1CC(NCC2(CCO)CC2)C1. The minimum atomic E-state index is 0.364. The van der Waals surface area contributed by atoms with Crippen molar-refractivity contribution >= 4 is 0 Å². The highest BCUT2D eigenvalue weighted by atomic mass is 16.3. The van der Waals surface area contributed by atoms with E-state index in [1.54, 1.807) is 0 Å². The van der Waals surface area contributed by atoms with Crippen molar-refractivity contribution < 1.29 is 5.11 Å². The average molecular weight is 183 g/mol. The summed E-state index contributed by atoms with van der Waals surface area (Å²) in [6, 6.07) is 0.783. The van der Waals surface area contributed by atoms with E-state index in [2.05, 4.69) is 12.2 Å². The summed E-state index contributed by atoms with van der Waals surface area (Å²) >= 11 is 0. The highest BCUT2D eigenvalue weighted by Gasteiger charge is 2.42. The Hall–Kier alpha value is -0.0800. The van der Waals surface area contributed by atoms with Gasteiger partial charge in [-0.3, -0.25) is 0 Å². The molecule has 2 heteroatoms. The molecular weight excluding hydrogens is 162 g/mol. The molecule has 0 unspecified atom stereocenters. The maximum atomic E-state index is 8.89. The summed E-state index contributed by atoms with van der Waals surface area (Å²) in [5.74, 6) is 0.936. The number of hydrogen-bond donors (Lipinski definition) is 2. The summed E-state index contributed by atoms with van der Waals surface area (Å²) in [4.78, 5) is 0. The lowest BCUT2D eigenvalue weighted by atomic mass is 9.81. The van der Waals surface area contributed by atoms with Gasteiger partial charge in [-0.25, -0.2) is 0 Å². The Morgan fingerprint density at radius 1 is 1.38 bits per heavy atom. The number of aliphatic hydroxyl groups excluding tert-OH is 1. The molecule has 0 aliphatic heterocycles. The van der Waals surface area contributed by atoms with Crippen LogP contribution in [0, 0.1) is 11.3 Å². The van der Waals surface area contributed by atoms with Gasteiger partial charge in [0, 0.05) is 19.2 Å². The van der Waals surface area contributed by atoms with Crippen LogP contribution in [0.2, 0.25) is 0 Å². The van der Waals surface area contributed by atoms with Gasteiger partial charge in [-0.15, -0.1) is 0 Å². The molecule has 0 spiro atoms. The molecule has 2 aliphatic rings. The van der Waals surface area contributed by atoms with Crippen molar-refractivity contribution in [1.82, 2.24) is 5.32 Å². The van der Waals surface area contributed by atoms with E-state index in [0.29, 0.717) is 12.0 Å². The van der Waals surface area contributed by atoms with Crippen molar-refractivity contribution in [2.24, 2.45) is 11.3 Å². The first kappa shape index (κ1) is 9.47. The van der Waals surface area contributed by atoms with E-state index in [-0.39, 0.29) is 0 Å². The average Bonchev–Trinajstić information content (AvgIpc) is 2.78. The first-order valence-electron chi connectivity index (χ1n) is 5.58. The van der Waals surface area contributed by atoms with Crippen molar-refractivity contribution in [3.05, 3.63) is 0 Å². The summed E-state index contributed by atoms with van der Waals surface area (Å²) < 4.78 is 0. The van der Waals surface area contributed by atoms with Crippen molar-refractivity contribution in [2.45, 2.75) is 45.1 Å². The number of hydrogen-bond acceptors (Lipinski definition) is 2. The van der Waals surface area contributed by atoms with E-state index >= 15 is 0 Å². The molecule has 2 saturated carbocycles. The number of aliphatic hydroxyl groups is 1. The maximum absolute atomic E-state index is 8.89. The molecular formula is C11H21NO. The van der Waals surface area contributed by atoms with Gasteiger partial charge in [0.25, 0.3) is 0 Å². The Morgan fingerprint density at radius 3 is 2.54 bits per heavy atom. The van der Waals surface area contributed by atoms with Gasteiger partial charge in [0.1, 0.15) is 0 Å². The normalized spacial score (nSPS) is 35.5. The molecule has 0 heterocycles. The van der Waals surface area contributed by atoms with Gasteiger partial charge >= 0.3 is 0 Å². The summed E-state index contributed by atoms with van der Waals surface area (Å²) in [7, 11) is 0. The molecule has 2 nitrogen and oxygen atoms in total. The summed E-state index contributed by atoms with van der Waals surface area (Å²) in [6.07, 6.45) is 6.36. The predicted octanol–water partition coefficient (Wildman–Crippen LogP) is 1.54. The Labute approximate surface area is 80.7 Å². The maximum Gasteiger partial charge on any atom is 0.0436 e. The zero-order valence-electron chi connectivity index (χ0n) is 8.55. The lowest BCUT2D eigenvalue weighted by Crippen LogP contribution is -2.42. The van der Waals surface area contributed by atoms with Crippen molar-refractivity contribution in [1.29, 1.82) is 0 Å². The standard InChI is InChI=1S/C11H21NO/c1-9-6-10(7-9)12-8-11(2-3-11)4-5-13/h9-10,12-13H,2-8H2,1H3.